The van der Waals surface area contributed by atoms with Gasteiger partial charge in [0.05, 0.1) is 11.2 Å². The minimum absolute atomic E-state index is 0.137. The molecule has 1 aliphatic rings. The maximum atomic E-state index is 12.0. The van der Waals surface area contributed by atoms with Gasteiger partial charge in [0, 0.05) is 17.6 Å². The van der Waals surface area contributed by atoms with Crippen molar-refractivity contribution >= 4 is 28.4 Å². The SMILES string of the molecule is O=C(Nc1cccc2ncccc12)C(=O)NC1CCCC1. The summed E-state index contributed by atoms with van der Waals surface area (Å²) in [5.41, 5.74) is 1.39. The summed E-state index contributed by atoms with van der Waals surface area (Å²) >= 11 is 0. The molecule has 2 aromatic rings. The number of rotatable bonds is 2. The van der Waals surface area contributed by atoms with E-state index in [2.05, 4.69) is 15.6 Å². The van der Waals surface area contributed by atoms with Crippen LogP contribution >= 0.6 is 0 Å². The summed E-state index contributed by atoms with van der Waals surface area (Å²) in [6, 6.07) is 9.25. The van der Waals surface area contributed by atoms with E-state index >= 15 is 0 Å². The first-order valence-electron chi connectivity index (χ1n) is 7.19. The van der Waals surface area contributed by atoms with E-state index < -0.39 is 11.8 Å². The lowest BCUT2D eigenvalue weighted by atomic mass is 10.2. The Bertz CT molecular complexity index is 673. The Morgan fingerprint density at radius 1 is 1.05 bits per heavy atom. The molecule has 1 heterocycles. The van der Waals surface area contributed by atoms with Crippen molar-refractivity contribution < 1.29 is 9.59 Å². The van der Waals surface area contributed by atoms with Crippen molar-refractivity contribution in [3.63, 3.8) is 0 Å². The molecule has 1 saturated carbocycles. The zero-order chi connectivity index (χ0) is 14.7. The third-order valence-corrected chi connectivity index (χ3v) is 3.79. The Hall–Kier alpha value is -2.43. The largest absolute Gasteiger partial charge is 0.345 e. The van der Waals surface area contributed by atoms with Crippen LogP contribution in [0.1, 0.15) is 25.7 Å². The fraction of sp³-hybridized carbons (Fsp3) is 0.312. The molecule has 1 fully saturated rings. The van der Waals surface area contributed by atoms with E-state index in [4.69, 9.17) is 0 Å². The summed E-state index contributed by atoms with van der Waals surface area (Å²) in [6.45, 7) is 0. The quantitative estimate of drug-likeness (QED) is 0.830. The topological polar surface area (TPSA) is 71.1 Å². The Morgan fingerprint density at radius 2 is 1.86 bits per heavy atom. The minimum atomic E-state index is -0.627. The number of fused-ring (bicyclic) bond motifs is 1. The van der Waals surface area contributed by atoms with Crippen LogP contribution in [0.3, 0.4) is 0 Å². The number of amides is 2. The molecule has 108 valence electrons. The zero-order valence-corrected chi connectivity index (χ0v) is 11.6. The molecular formula is C16H17N3O2. The molecule has 0 atom stereocenters. The fourth-order valence-electron chi connectivity index (χ4n) is 2.71. The molecule has 0 spiro atoms. The lowest BCUT2D eigenvalue weighted by molar-refractivity contribution is -0.136. The van der Waals surface area contributed by atoms with Gasteiger partial charge in [0.25, 0.3) is 0 Å². The maximum Gasteiger partial charge on any atom is 0.313 e. The Morgan fingerprint density at radius 3 is 2.67 bits per heavy atom. The Kier molecular flexibility index (Phi) is 3.81. The van der Waals surface area contributed by atoms with Gasteiger partial charge in [0.15, 0.2) is 0 Å². The van der Waals surface area contributed by atoms with Gasteiger partial charge in [-0.05, 0) is 37.1 Å². The Labute approximate surface area is 122 Å². The zero-order valence-electron chi connectivity index (χ0n) is 11.6. The van der Waals surface area contributed by atoms with Crippen molar-refractivity contribution in [2.75, 3.05) is 5.32 Å². The van der Waals surface area contributed by atoms with E-state index in [1.54, 1.807) is 24.4 Å². The van der Waals surface area contributed by atoms with Gasteiger partial charge < -0.3 is 10.6 Å². The summed E-state index contributed by atoms with van der Waals surface area (Å²) in [5, 5.41) is 6.27. The average Bonchev–Trinajstić information content (AvgIpc) is 3.00. The van der Waals surface area contributed by atoms with Gasteiger partial charge in [-0.25, -0.2) is 0 Å². The monoisotopic (exact) mass is 283 g/mol. The lowest BCUT2D eigenvalue weighted by Crippen LogP contribution is -2.40. The van der Waals surface area contributed by atoms with E-state index in [0.717, 1.165) is 36.6 Å². The van der Waals surface area contributed by atoms with Crippen molar-refractivity contribution in [2.45, 2.75) is 31.7 Å². The van der Waals surface area contributed by atoms with Gasteiger partial charge >= 0.3 is 11.8 Å². The molecule has 5 heteroatoms. The summed E-state index contributed by atoms with van der Waals surface area (Å²) in [7, 11) is 0. The molecular weight excluding hydrogens is 266 g/mol. The first-order chi connectivity index (χ1) is 10.2. The number of hydrogen-bond donors (Lipinski definition) is 2. The predicted octanol–water partition coefficient (Wildman–Crippen LogP) is 2.23. The van der Waals surface area contributed by atoms with Gasteiger partial charge in [-0.2, -0.15) is 0 Å². The fourth-order valence-corrected chi connectivity index (χ4v) is 2.71. The number of benzene rings is 1. The molecule has 5 nitrogen and oxygen atoms in total. The van der Waals surface area contributed by atoms with Crippen LogP contribution in [0.4, 0.5) is 5.69 Å². The van der Waals surface area contributed by atoms with Crippen LogP contribution in [0.5, 0.6) is 0 Å². The first kappa shape index (κ1) is 13.5. The molecule has 0 saturated heterocycles. The number of anilines is 1. The first-order valence-corrected chi connectivity index (χ1v) is 7.19. The smallest absolute Gasteiger partial charge is 0.313 e. The number of hydrogen-bond acceptors (Lipinski definition) is 3. The molecule has 0 radical (unpaired) electrons. The molecule has 1 aromatic heterocycles. The van der Waals surface area contributed by atoms with Crippen molar-refractivity contribution in [1.82, 2.24) is 10.3 Å². The highest BCUT2D eigenvalue weighted by Gasteiger charge is 2.21. The van der Waals surface area contributed by atoms with Crippen LogP contribution < -0.4 is 10.6 Å². The van der Waals surface area contributed by atoms with Crippen molar-refractivity contribution in [2.24, 2.45) is 0 Å². The second-order valence-corrected chi connectivity index (χ2v) is 5.28. The molecule has 3 rings (SSSR count). The van der Waals surface area contributed by atoms with Gasteiger partial charge in [-0.15, -0.1) is 0 Å². The van der Waals surface area contributed by atoms with E-state index in [0.29, 0.717) is 5.69 Å². The molecule has 0 aliphatic heterocycles. The van der Waals surface area contributed by atoms with Crippen LogP contribution in [-0.2, 0) is 9.59 Å². The van der Waals surface area contributed by atoms with E-state index in [-0.39, 0.29) is 6.04 Å². The molecule has 1 aromatic carbocycles. The number of carbonyl (C=O) groups excluding carboxylic acids is 2. The second-order valence-electron chi connectivity index (χ2n) is 5.28. The average molecular weight is 283 g/mol. The van der Waals surface area contributed by atoms with E-state index in [1.807, 2.05) is 12.1 Å². The summed E-state index contributed by atoms with van der Waals surface area (Å²) in [6.07, 6.45) is 5.83. The van der Waals surface area contributed by atoms with Crippen LogP contribution in [0.2, 0.25) is 0 Å². The normalized spacial score (nSPS) is 15.0. The highest BCUT2D eigenvalue weighted by atomic mass is 16.2. The number of pyridine rings is 1. The highest BCUT2D eigenvalue weighted by molar-refractivity contribution is 6.40. The molecule has 1 aliphatic carbocycles. The van der Waals surface area contributed by atoms with Crippen LogP contribution in [0.25, 0.3) is 10.9 Å². The number of nitrogens with zero attached hydrogens (tertiary/aromatic N) is 1. The summed E-state index contributed by atoms with van der Waals surface area (Å²) in [5.74, 6) is -1.19. The van der Waals surface area contributed by atoms with Gasteiger partial charge in [0.2, 0.25) is 0 Å². The third kappa shape index (κ3) is 3.02. The van der Waals surface area contributed by atoms with Gasteiger partial charge in [-0.1, -0.05) is 18.9 Å². The standard InChI is InChI=1S/C16H17N3O2/c20-15(18-11-5-1-2-6-11)16(21)19-14-9-3-8-13-12(14)7-4-10-17-13/h3-4,7-11H,1-2,5-6H2,(H,18,20)(H,19,21). The highest BCUT2D eigenvalue weighted by Crippen LogP contribution is 2.21. The second kappa shape index (κ2) is 5.91. The lowest BCUT2D eigenvalue weighted by Gasteiger charge is -2.12. The number of carbonyl (C=O) groups is 2. The van der Waals surface area contributed by atoms with E-state index in [1.165, 1.54) is 0 Å². The molecule has 0 unspecified atom stereocenters. The maximum absolute atomic E-state index is 12.0. The van der Waals surface area contributed by atoms with Crippen molar-refractivity contribution in [3.8, 4) is 0 Å². The number of nitrogens with one attached hydrogen (secondary N) is 2. The minimum Gasteiger partial charge on any atom is -0.345 e. The third-order valence-electron chi connectivity index (χ3n) is 3.79. The summed E-state index contributed by atoms with van der Waals surface area (Å²) in [4.78, 5) is 28.1. The van der Waals surface area contributed by atoms with Gasteiger partial charge in [-0.3, -0.25) is 14.6 Å². The molecule has 2 amide bonds. The van der Waals surface area contributed by atoms with Crippen LogP contribution in [0.15, 0.2) is 36.5 Å². The van der Waals surface area contributed by atoms with Crippen molar-refractivity contribution in [1.29, 1.82) is 0 Å². The molecule has 21 heavy (non-hydrogen) atoms. The van der Waals surface area contributed by atoms with E-state index in [9.17, 15) is 9.59 Å². The van der Waals surface area contributed by atoms with Crippen molar-refractivity contribution in [3.05, 3.63) is 36.5 Å². The van der Waals surface area contributed by atoms with Gasteiger partial charge in [0.1, 0.15) is 0 Å². The Balaban J connectivity index is 1.72. The van der Waals surface area contributed by atoms with Crippen LogP contribution in [0, 0.1) is 0 Å². The van der Waals surface area contributed by atoms with Crippen LogP contribution in [-0.4, -0.2) is 22.8 Å². The summed E-state index contributed by atoms with van der Waals surface area (Å²) < 4.78 is 0. The predicted molar refractivity (Wildman–Crippen MR) is 80.8 cm³/mol. The molecule has 2 N–H and O–H groups in total. The molecule has 0 bridgehead atoms. The number of aromatic nitrogens is 1.